The summed E-state index contributed by atoms with van der Waals surface area (Å²) >= 11 is 0. The zero-order chi connectivity index (χ0) is 14.9. The maximum absolute atomic E-state index is 11.9. The second kappa shape index (κ2) is 8.63. The molecule has 110 valence electrons. The number of carboxylic acids is 1. The standard InChI is InChI=1S/C13H24N2O4/c1-2-3-4-5-6-7-10(16)13(15,12(18)19)9-8-11(14)17/h2-9,15H2,1H3,(H2,14,17)(H,18,19). The lowest BCUT2D eigenvalue weighted by molar-refractivity contribution is -0.148. The minimum absolute atomic E-state index is 0.130. The predicted molar refractivity (Wildman–Crippen MR) is 71.4 cm³/mol. The maximum atomic E-state index is 11.9. The zero-order valence-electron chi connectivity index (χ0n) is 11.5. The summed E-state index contributed by atoms with van der Waals surface area (Å²) in [7, 11) is 0. The molecule has 0 radical (unpaired) electrons. The molecule has 0 aromatic rings. The van der Waals surface area contributed by atoms with Crippen molar-refractivity contribution in [2.75, 3.05) is 0 Å². The third kappa shape index (κ3) is 6.33. The van der Waals surface area contributed by atoms with Crippen LogP contribution in [-0.4, -0.2) is 28.3 Å². The summed E-state index contributed by atoms with van der Waals surface area (Å²) in [6.45, 7) is 2.09. The fraction of sp³-hybridized carbons (Fsp3) is 0.769. The van der Waals surface area contributed by atoms with Crippen LogP contribution in [-0.2, 0) is 14.4 Å². The Bertz CT molecular complexity index is 331. The van der Waals surface area contributed by atoms with Gasteiger partial charge in [0, 0.05) is 12.8 Å². The van der Waals surface area contributed by atoms with Crippen LogP contribution in [0, 0.1) is 0 Å². The van der Waals surface area contributed by atoms with Crippen LogP contribution in [0.15, 0.2) is 0 Å². The highest BCUT2D eigenvalue weighted by molar-refractivity contribution is 6.07. The van der Waals surface area contributed by atoms with Gasteiger partial charge in [0.1, 0.15) is 0 Å². The van der Waals surface area contributed by atoms with Crippen molar-refractivity contribution in [2.24, 2.45) is 11.5 Å². The zero-order valence-corrected chi connectivity index (χ0v) is 11.5. The third-order valence-electron chi connectivity index (χ3n) is 3.15. The molecule has 0 aliphatic carbocycles. The Hall–Kier alpha value is -1.43. The molecule has 0 fully saturated rings. The van der Waals surface area contributed by atoms with Crippen LogP contribution in [0.1, 0.15) is 58.3 Å². The number of rotatable bonds is 11. The Labute approximate surface area is 113 Å². The van der Waals surface area contributed by atoms with Gasteiger partial charge in [-0.25, -0.2) is 4.79 Å². The Morgan fingerprint density at radius 2 is 1.63 bits per heavy atom. The van der Waals surface area contributed by atoms with Gasteiger partial charge in [0.2, 0.25) is 5.91 Å². The van der Waals surface area contributed by atoms with Gasteiger partial charge in [-0.15, -0.1) is 0 Å². The molecule has 0 aliphatic rings. The largest absolute Gasteiger partial charge is 0.480 e. The number of amides is 1. The number of unbranched alkanes of at least 4 members (excludes halogenated alkanes) is 4. The normalized spacial score (nSPS) is 13.8. The van der Waals surface area contributed by atoms with E-state index < -0.39 is 23.2 Å². The van der Waals surface area contributed by atoms with E-state index in [4.69, 9.17) is 16.6 Å². The highest BCUT2D eigenvalue weighted by atomic mass is 16.4. The van der Waals surface area contributed by atoms with Gasteiger partial charge in [-0.3, -0.25) is 9.59 Å². The number of carbonyl (C=O) groups is 3. The van der Waals surface area contributed by atoms with Gasteiger partial charge in [0.05, 0.1) is 0 Å². The summed E-state index contributed by atoms with van der Waals surface area (Å²) in [5, 5.41) is 9.06. The van der Waals surface area contributed by atoms with Crippen molar-refractivity contribution in [3.8, 4) is 0 Å². The van der Waals surface area contributed by atoms with E-state index in [1.807, 2.05) is 0 Å². The minimum Gasteiger partial charge on any atom is -0.480 e. The molecule has 0 spiro atoms. The first kappa shape index (κ1) is 17.6. The predicted octanol–water partition coefficient (Wildman–Crippen LogP) is 0.964. The first-order valence-electron chi connectivity index (χ1n) is 6.68. The monoisotopic (exact) mass is 272 g/mol. The van der Waals surface area contributed by atoms with Crippen molar-refractivity contribution in [1.82, 2.24) is 0 Å². The maximum Gasteiger partial charge on any atom is 0.331 e. The smallest absolute Gasteiger partial charge is 0.331 e. The van der Waals surface area contributed by atoms with E-state index in [0.29, 0.717) is 6.42 Å². The highest BCUT2D eigenvalue weighted by Crippen LogP contribution is 2.16. The number of nitrogens with two attached hydrogens (primary N) is 2. The molecule has 0 rings (SSSR count). The van der Waals surface area contributed by atoms with E-state index in [1.54, 1.807) is 0 Å². The van der Waals surface area contributed by atoms with Gasteiger partial charge >= 0.3 is 5.97 Å². The summed E-state index contributed by atoms with van der Waals surface area (Å²) in [5.74, 6) is -2.59. The SMILES string of the molecule is CCCCCCCC(=O)C(N)(CCC(N)=O)C(=O)O. The molecule has 19 heavy (non-hydrogen) atoms. The van der Waals surface area contributed by atoms with Crippen molar-refractivity contribution < 1.29 is 19.5 Å². The first-order chi connectivity index (χ1) is 8.84. The number of aliphatic carboxylic acids is 1. The van der Waals surface area contributed by atoms with Crippen LogP contribution in [0.3, 0.4) is 0 Å². The fourth-order valence-corrected chi connectivity index (χ4v) is 1.80. The lowest BCUT2D eigenvalue weighted by atomic mass is 9.87. The van der Waals surface area contributed by atoms with Gasteiger partial charge in [-0.2, -0.15) is 0 Å². The molecule has 0 bridgehead atoms. The van der Waals surface area contributed by atoms with Crippen molar-refractivity contribution in [3.05, 3.63) is 0 Å². The average molecular weight is 272 g/mol. The molecule has 0 aliphatic heterocycles. The van der Waals surface area contributed by atoms with Gasteiger partial charge < -0.3 is 16.6 Å². The number of primary amides is 1. The highest BCUT2D eigenvalue weighted by Gasteiger charge is 2.41. The van der Waals surface area contributed by atoms with Gasteiger partial charge in [-0.05, 0) is 12.8 Å². The Morgan fingerprint density at radius 1 is 1.05 bits per heavy atom. The van der Waals surface area contributed by atoms with Crippen molar-refractivity contribution in [3.63, 3.8) is 0 Å². The molecule has 6 heteroatoms. The van der Waals surface area contributed by atoms with Crippen LogP contribution in [0.4, 0.5) is 0 Å². The lowest BCUT2D eigenvalue weighted by Crippen LogP contribution is -2.55. The molecule has 6 nitrogen and oxygen atoms in total. The summed E-state index contributed by atoms with van der Waals surface area (Å²) in [6, 6.07) is 0. The van der Waals surface area contributed by atoms with Gasteiger partial charge in [0.15, 0.2) is 11.3 Å². The van der Waals surface area contributed by atoms with Crippen LogP contribution < -0.4 is 11.5 Å². The van der Waals surface area contributed by atoms with Crippen molar-refractivity contribution in [2.45, 2.75) is 63.8 Å². The second-order valence-electron chi connectivity index (χ2n) is 4.83. The molecule has 0 aromatic carbocycles. The average Bonchev–Trinajstić information content (AvgIpc) is 2.35. The number of hydrogen-bond donors (Lipinski definition) is 3. The fourth-order valence-electron chi connectivity index (χ4n) is 1.80. The number of ketones is 1. The topological polar surface area (TPSA) is 123 Å². The van der Waals surface area contributed by atoms with E-state index in [0.717, 1.165) is 25.7 Å². The van der Waals surface area contributed by atoms with Crippen LogP contribution in [0.2, 0.25) is 0 Å². The van der Waals surface area contributed by atoms with Crippen molar-refractivity contribution in [1.29, 1.82) is 0 Å². The number of Topliss-reactive ketones (excluding diaryl/α,β-unsaturated/α-hetero) is 1. The quantitative estimate of drug-likeness (QED) is 0.382. The van der Waals surface area contributed by atoms with Gasteiger partial charge in [-0.1, -0.05) is 32.6 Å². The number of carboxylic acid groups (broad SMARTS) is 1. The minimum atomic E-state index is -1.99. The number of hydrogen-bond acceptors (Lipinski definition) is 4. The van der Waals surface area contributed by atoms with Crippen molar-refractivity contribution >= 4 is 17.7 Å². The summed E-state index contributed by atoms with van der Waals surface area (Å²) < 4.78 is 0. The molecule has 0 aromatic heterocycles. The molecule has 0 heterocycles. The Morgan fingerprint density at radius 3 is 2.11 bits per heavy atom. The lowest BCUT2D eigenvalue weighted by Gasteiger charge is -2.22. The summed E-state index contributed by atoms with van der Waals surface area (Å²) in [6.07, 6.45) is 4.41. The van der Waals surface area contributed by atoms with E-state index in [1.165, 1.54) is 0 Å². The first-order valence-corrected chi connectivity index (χ1v) is 6.68. The van der Waals surface area contributed by atoms with Gasteiger partial charge in [0.25, 0.3) is 0 Å². The molecule has 0 saturated carbocycles. The van der Waals surface area contributed by atoms with Crippen LogP contribution in [0.5, 0.6) is 0 Å². The molecule has 1 amide bonds. The van der Waals surface area contributed by atoms with E-state index >= 15 is 0 Å². The summed E-state index contributed by atoms with van der Waals surface area (Å²) in [4.78, 5) is 33.7. The molecule has 5 N–H and O–H groups in total. The molecule has 0 saturated heterocycles. The third-order valence-corrected chi connectivity index (χ3v) is 3.15. The Kier molecular flexibility index (Phi) is 7.98. The molecular weight excluding hydrogens is 248 g/mol. The van der Waals surface area contributed by atoms with Crippen LogP contribution in [0.25, 0.3) is 0 Å². The van der Waals surface area contributed by atoms with E-state index in [9.17, 15) is 14.4 Å². The number of carbonyl (C=O) groups excluding carboxylic acids is 2. The van der Waals surface area contributed by atoms with E-state index in [2.05, 4.69) is 6.92 Å². The Balaban J connectivity index is 4.32. The molecular formula is C13H24N2O4. The molecule has 1 atom stereocenters. The van der Waals surface area contributed by atoms with Crippen LogP contribution >= 0.6 is 0 Å². The summed E-state index contributed by atoms with van der Waals surface area (Å²) in [5.41, 5.74) is 8.59. The molecule has 1 unspecified atom stereocenters. The van der Waals surface area contributed by atoms with E-state index in [-0.39, 0.29) is 19.3 Å². The second-order valence-corrected chi connectivity index (χ2v) is 4.83.